The molecule has 1 N–H and O–H groups in total. The van der Waals surface area contributed by atoms with Crippen LogP contribution in [0, 0.1) is 17.2 Å². The van der Waals surface area contributed by atoms with E-state index >= 15 is 0 Å². The Kier molecular flexibility index (Phi) is 5.83. The van der Waals surface area contributed by atoms with Crippen LogP contribution in [0.15, 0.2) is 0 Å². The Morgan fingerprint density at radius 2 is 2.10 bits per heavy atom. The summed E-state index contributed by atoms with van der Waals surface area (Å²) in [6, 6.07) is 3.08. The standard InChI is InChI=1S/C16H28N2O2/c1-13(2)11-19-8-9-20-15-4-3-7-16(10-15,12-17)18-14-5-6-14/h13-15,18H,3-11H2,1-2H3. The minimum Gasteiger partial charge on any atom is -0.379 e. The van der Waals surface area contributed by atoms with Crippen molar-refractivity contribution < 1.29 is 9.47 Å². The van der Waals surface area contributed by atoms with Gasteiger partial charge in [0.05, 0.1) is 25.4 Å². The van der Waals surface area contributed by atoms with E-state index in [4.69, 9.17) is 9.47 Å². The van der Waals surface area contributed by atoms with Crippen LogP contribution >= 0.6 is 0 Å². The fraction of sp³-hybridized carbons (Fsp3) is 0.938. The molecule has 0 bridgehead atoms. The number of nitrogens with one attached hydrogen (secondary N) is 1. The summed E-state index contributed by atoms with van der Waals surface area (Å²) in [7, 11) is 0. The maximum atomic E-state index is 9.51. The maximum absolute atomic E-state index is 9.51. The Bertz CT molecular complexity index is 336. The summed E-state index contributed by atoms with van der Waals surface area (Å²) in [5.74, 6) is 0.568. The van der Waals surface area contributed by atoms with Crippen molar-refractivity contribution in [3.8, 4) is 6.07 Å². The third kappa shape index (κ3) is 5.05. The fourth-order valence-electron chi connectivity index (χ4n) is 2.84. The van der Waals surface area contributed by atoms with Crippen molar-refractivity contribution >= 4 is 0 Å². The normalized spacial score (nSPS) is 30.4. The zero-order chi connectivity index (χ0) is 14.4. The minimum absolute atomic E-state index is 0.206. The van der Waals surface area contributed by atoms with E-state index in [9.17, 15) is 5.26 Å². The van der Waals surface area contributed by atoms with Gasteiger partial charge in [-0.2, -0.15) is 5.26 Å². The molecule has 2 rings (SSSR count). The molecule has 2 saturated carbocycles. The number of hydrogen-bond acceptors (Lipinski definition) is 4. The zero-order valence-corrected chi connectivity index (χ0v) is 12.9. The lowest BCUT2D eigenvalue weighted by Gasteiger charge is -2.36. The molecular weight excluding hydrogens is 252 g/mol. The van der Waals surface area contributed by atoms with Crippen molar-refractivity contribution in [2.24, 2.45) is 5.92 Å². The van der Waals surface area contributed by atoms with Crippen molar-refractivity contribution in [1.82, 2.24) is 5.32 Å². The molecule has 114 valence electrons. The van der Waals surface area contributed by atoms with Gasteiger partial charge in [0.15, 0.2) is 0 Å². The molecule has 0 aromatic carbocycles. The molecule has 0 aromatic rings. The van der Waals surface area contributed by atoms with E-state index in [1.807, 2.05) is 0 Å². The highest BCUT2D eigenvalue weighted by Gasteiger charge is 2.40. The van der Waals surface area contributed by atoms with E-state index in [0.29, 0.717) is 25.2 Å². The molecule has 2 unspecified atom stereocenters. The second kappa shape index (κ2) is 7.40. The van der Waals surface area contributed by atoms with Crippen LogP contribution in [-0.2, 0) is 9.47 Å². The van der Waals surface area contributed by atoms with Gasteiger partial charge >= 0.3 is 0 Å². The molecule has 2 aliphatic carbocycles. The molecule has 0 radical (unpaired) electrons. The first kappa shape index (κ1) is 15.8. The molecular formula is C16H28N2O2. The minimum atomic E-state index is -0.344. The molecule has 0 aliphatic heterocycles. The molecule has 2 atom stereocenters. The van der Waals surface area contributed by atoms with Crippen molar-refractivity contribution in [1.29, 1.82) is 5.26 Å². The number of nitriles is 1. The summed E-state index contributed by atoms with van der Waals surface area (Å²) in [4.78, 5) is 0. The summed E-state index contributed by atoms with van der Waals surface area (Å²) in [5.41, 5.74) is -0.344. The van der Waals surface area contributed by atoms with Gasteiger partial charge in [-0.15, -0.1) is 0 Å². The average Bonchev–Trinajstić information content (AvgIpc) is 3.22. The molecule has 4 nitrogen and oxygen atoms in total. The fourth-order valence-corrected chi connectivity index (χ4v) is 2.84. The van der Waals surface area contributed by atoms with E-state index in [1.165, 1.54) is 12.8 Å². The molecule has 2 fully saturated rings. The third-order valence-corrected chi connectivity index (χ3v) is 4.01. The Morgan fingerprint density at radius 1 is 1.30 bits per heavy atom. The monoisotopic (exact) mass is 280 g/mol. The second-order valence-corrected chi connectivity index (χ2v) is 6.67. The summed E-state index contributed by atoms with van der Waals surface area (Å²) in [6.45, 7) is 6.38. The number of nitrogens with zero attached hydrogens (tertiary/aromatic N) is 1. The highest BCUT2D eigenvalue weighted by molar-refractivity contribution is 5.12. The van der Waals surface area contributed by atoms with Gasteiger partial charge < -0.3 is 9.47 Å². The molecule has 20 heavy (non-hydrogen) atoms. The van der Waals surface area contributed by atoms with Crippen LogP contribution in [0.5, 0.6) is 0 Å². The summed E-state index contributed by atoms with van der Waals surface area (Å²) < 4.78 is 11.4. The van der Waals surface area contributed by atoms with Gasteiger partial charge in [-0.25, -0.2) is 0 Å². The zero-order valence-electron chi connectivity index (χ0n) is 12.9. The molecule has 4 heteroatoms. The predicted molar refractivity (Wildman–Crippen MR) is 78.4 cm³/mol. The molecule has 0 saturated heterocycles. The molecule has 0 amide bonds. The molecule has 0 heterocycles. The van der Waals surface area contributed by atoms with Gasteiger partial charge in [0.2, 0.25) is 0 Å². The first-order valence-electron chi connectivity index (χ1n) is 8.02. The van der Waals surface area contributed by atoms with Crippen LogP contribution < -0.4 is 5.32 Å². The van der Waals surface area contributed by atoms with E-state index in [1.54, 1.807) is 0 Å². The van der Waals surface area contributed by atoms with E-state index < -0.39 is 0 Å². The first-order chi connectivity index (χ1) is 9.63. The molecule has 0 spiro atoms. The van der Waals surface area contributed by atoms with E-state index in [2.05, 4.69) is 25.2 Å². The quantitative estimate of drug-likeness (QED) is 0.694. The van der Waals surface area contributed by atoms with Crippen molar-refractivity contribution in [2.45, 2.75) is 70.1 Å². The van der Waals surface area contributed by atoms with Gasteiger partial charge in [0, 0.05) is 19.1 Å². The largest absolute Gasteiger partial charge is 0.379 e. The number of hydrogen-bond donors (Lipinski definition) is 1. The lowest BCUT2D eigenvalue weighted by atomic mass is 9.81. The van der Waals surface area contributed by atoms with E-state index in [0.717, 1.165) is 32.3 Å². The van der Waals surface area contributed by atoms with Crippen LogP contribution in [-0.4, -0.2) is 37.5 Å². The average molecular weight is 280 g/mol. The highest BCUT2D eigenvalue weighted by atomic mass is 16.5. The Balaban J connectivity index is 1.68. The Morgan fingerprint density at radius 3 is 2.75 bits per heavy atom. The van der Waals surface area contributed by atoms with Gasteiger partial charge in [0.25, 0.3) is 0 Å². The van der Waals surface area contributed by atoms with Crippen LogP contribution in [0.2, 0.25) is 0 Å². The van der Waals surface area contributed by atoms with Crippen molar-refractivity contribution in [3.63, 3.8) is 0 Å². The SMILES string of the molecule is CC(C)COCCOC1CCCC(C#N)(NC2CC2)C1. The van der Waals surface area contributed by atoms with Gasteiger partial charge in [-0.05, 0) is 38.0 Å². The van der Waals surface area contributed by atoms with Gasteiger partial charge in [-0.1, -0.05) is 13.8 Å². The smallest absolute Gasteiger partial charge is 0.109 e. The van der Waals surface area contributed by atoms with Crippen LogP contribution in [0.1, 0.15) is 52.4 Å². The molecule has 2 aliphatic rings. The predicted octanol–water partition coefficient (Wildman–Crippen LogP) is 2.63. The number of rotatable bonds is 8. The lowest BCUT2D eigenvalue weighted by molar-refractivity contribution is -0.0256. The highest BCUT2D eigenvalue weighted by Crippen LogP contribution is 2.33. The van der Waals surface area contributed by atoms with Crippen LogP contribution in [0.25, 0.3) is 0 Å². The topological polar surface area (TPSA) is 54.3 Å². The van der Waals surface area contributed by atoms with Crippen molar-refractivity contribution in [3.05, 3.63) is 0 Å². The number of ether oxygens (including phenoxy) is 2. The summed E-state index contributed by atoms with van der Waals surface area (Å²) >= 11 is 0. The van der Waals surface area contributed by atoms with Gasteiger partial charge in [0.1, 0.15) is 5.54 Å². The Labute approximate surface area is 122 Å². The Hall–Kier alpha value is -0.630. The summed E-state index contributed by atoms with van der Waals surface area (Å²) in [6.07, 6.45) is 6.58. The summed E-state index contributed by atoms with van der Waals surface area (Å²) in [5, 5.41) is 13.0. The van der Waals surface area contributed by atoms with E-state index in [-0.39, 0.29) is 11.6 Å². The molecule has 0 aromatic heterocycles. The van der Waals surface area contributed by atoms with Gasteiger partial charge in [-0.3, -0.25) is 5.32 Å². The second-order valence-electron chi connectivity index (χ2n) is 6.67. The lowest BCUT2D eigenvalue weighted by Crippen LogP contribution is -2.50. The first-order valence-corrected chi connectivity index (χ1v) is 8.02. The maximum Gasteiger partial charge on any atom is 0.109 e. The third-order valence-electron chi connectivity index (χ3n) is 4.01. The van der Waals surface area contributed by atoms with Crippen molar-refractivity contribution in [2.75, 3.05) is 19.8 Å². The van der Waals surface area contributed by atoms with Crippen LogP contribution in [0.3, 0.4) is 0 Å². The van der Waals surface area contributed by atoms with Crippen LogP contribution in [0.4, 0.5) is 0 Å².